The Hall–Kier alpha value is -1.31. The fraction of sp³-hybridized carbons (Fsp3) is 0.588. The molecule has 1 aromatic carbocycles. The summed E-state index contributed by atoms with van der Waals surface area (Å²) in [7, 11) is 1.95. The maximum Gasteiger partial charge on any atom is 0.225 e. The lowest BCUT2D eigenvalue weighted by molar-refractivity contribution is -0.135. The van der Waals surface area contributed by atoms with E-state index in [9.17, 15) is 4.79 Å². The maximum absolute atomic E-state index is 12.2. The standard InChI is InChI=1S/C17H25NO/c1-12(2)16(19)18(5)15-10-11-17(3,4)14-9-7-6-8-13(14)15/h6-9,12,15H,10-11H2,1-5H3/t15-/m1/s1. The summed E-state index contributed by atoms with van der Waals surface area (Å²) in [5, 5.41) is 0. The van der Waals surface area contributed by atoms with Gasteiger partial charge in [0.15, 0.2) is 0 Å². The first kappa shape index (κ1) is 14.1. The highest BCUT2D eigenvalue weighted by Gasteiger charge is 2.35. The fourth-order valence-electron chi connectivity index (χ4n) is 3.15. The predicted octanol–water partition coefficient (Wildman–Crippen LogP) is 3.91. The van der Waals surface area contributed by atoms with Gasteiger partial charge >= 0.3 is 0 Å². The Balaban J connectivity index is 2.38. The summed E-state index contributed by atoms with van der Waals surface area (Å²) in [6.07, 6.45) is 2.18. The van der Waals surface area contributed by atoms with Crippen LogP contribution in [0.1, 0.15) is 57.7 Å². The number of benzene rings is 1. The van der Waals surface area contributed by atoms with E-state index in [0.717, 1.165) is 12.8 Å². The Morgan fingerprint density at radius 2 is 1.95 bits per heavy atom. The Morgan fingerprint density at radius 3 is 2.58 bits per heavy atom. The van der Waals surface area contributed by atoms with Crippen molar-refractivity contribution in [3.05, 3.63) is 35.4 Å². The maximum atomic E-state index is 12.2. The summed E-state index contributed by atoms with van der Waals surface area (Å²) in [5.41, 5.74) is 2.94. The average molecular weight is 259 g/mol. The number of rotatable bonds is 2. The van der Waals surface area contributed by atoms with Crippen LogP contribution in [0, 0.1) is 5.92 Å². The van der Waals surface area contributed by atoms with E-state index >= 15 is 0 Å². The smallest absolute Gasteiger partial charge is 0.225 e. The van der Waals surface area contributed by atoms with E-state index in [1.54, 1.807) is 0 Å². The van der Waals surface area contributed by atoms with Crippen LogP contribution in [0.4, 0.5) is 0 Å². The average Bonchev–Trinajstić information content (AvgIpc) is 2.37. The SMILES string of the molecule is CC(C)C(=O)N(C)[C@@H]1CCC(C)(C)c2ccccc21. The summed E-state index contributed by atoms with van der Waals surface area (Å²) >= 11 is 0. The monoisotopic (exact) mass is 259 g/mol. The minimum absolute atomic E-state index is 0.0621. The third kappa shape index (κ3) is 2.54. The summed E-state index contributed by atoms with van der Waals surface area (Å²) in [4.78, 5) is 14.2. The first-order chi connectivity index (χ1) is 8.84. The zero-order valence-electron chi connectivity index (χ0n) is 12.7. The molecule has 0 heterocycles. The van der Waals surface area contributed by atoms with Crippen LogP contribution in [-0.2, 0) is 10.2 Å². The topological polar surface area (TPSA) is 20.3 Å². The summed E-state index contributed by atoms with van der Waals surface area (Å²) in [6, 6.07) is 8.83. The Kier molecular flexibility index (Phi) is 3.71. The molecule has 0 spiro atoms. The number of nitrogens with zero attached hydrogens (tertiary/aromatic N) is 1. The molecule has 0 bridgehead atoms. The van der Waals surface area contributed by atoms with Gasteiger partial charge in [0.05, 0.1) is 6.04 Å². The van der Waals surface area contributed by atoms with Gasteiger partial charge in [-0.05, 0) is 29.4 Å². The van der Waals surface area contributed by atoms with Gasteiger partial charge in [-0.15, -0.1) is 0 Å². The van der Waals surface area contributed by atoms with Crippen LogP contribution in [0.3, 0.4) is 0 Å². The number of hydrogen-bond acceptors (Lipinski definition) is 1. The van der Waals surface area contributed by atoms with Crippen LogP contribution >= 0.6 is 0 Å². The molecular formula is C17H25NO. The van der Waals surface area contributed by atoms with E-state index in [-0.39, 0.29) is 23.3 Å². The third-order valence-corrected chi connectivity index (χ3v) is 4.40. The first-order valence-electron chi connectivity index (χ1n) is 7.20. The van der Waals surface area contributed by atoms with Gasteiger partial charge in [-0.3, -0.25) is 4.79 Å². The van der Waals surface area contributed by atoms with E-state index in [2.05, 4.69) is 38.1 Å². The van der Waals surface area contributed by atoms with Gasteiger partial charge in [0.2, 0.25) is 5.91 Å². The van der Waals surface area contributed by atoms with Crippen LogP contribution in [0.5, 0.6) is 0 Å². The number of fused-ring (bicyclic) bond motifs is 1. The molecule has 1 atom stereocenters. The Bertz CT molecular complexity index is 476. The van der Waals surface area contributed by atoms with Crippen LogP contribution in [0.2, 0.25) is 0 Å². The van der Waals surface area contributed by atoms with Crippen molar-refractivity contribution in [2.75, 3.05) is 7.05 Å². The molecule has 0 N–H and O–H groups in total. The largest absolute Gasteiger partial charge is 0.338 e. The van der Waals surface area contributed by atoms with E-state index in [1.165, 1.54) is 11.1 Å². The molecule has 2 heteroatoms. The second-order valence-corrected chi connectivity index (χ2v) is 6.63. The Labute approximate surface area is 116 Å². The third-order valence-electron chi connectivity index (χ3n) is 4.40. The highest BCUT2D eigenvalue weighted by atomic mass is 16.2. The molecule has 1 aliphatic carbocycles. The molecule has 2 nitrogen and oxygen atoms in total. The molecule has 0 aliphatic heterocycles. The molecule has 0 radical (unpaired) electrons. The quantitative estimate of drug-likeness (QED) is 0.788. The summed E-state index contributed by atoms with van der Waals surface area (Å²) in [5.74, 6) is 0.298. The van der Waals surface area contributed by atoms with Crippen molar-refractivity contribution in [1.29, 1.82) is 0 Å². The molecule has 104 valence electrons. The van der Waals surface area contributed by atoms with E-state index < -0.39 is 0 Å². The van der Waals surface area contributed by atoms with Gasteiger partial charge < -0.3 is 4.90 Å². The first-order valence-corrected chi connectivity index (χ1v) is 7.20. The van der Waals surface area contributed by atoms with Gasteiger partial charge in [-0.2, -0.15) is 0 Å². The van der Waals surface area contributed by atoms with Crippen LogP contribution < -0.4 is 0 Å². The predicted molar refractivity (Wildman–Crippen MR) is 79.1 cm³/mol. The van der Waals surface area contributed by atoms with Gasteiger partial charge in [0.25, 0.3) is 0 Å². The summed E-state index contributed by atoms with van der Waals surface area (Å²) < 4.78 is 0. The number of carbonyl (C=O) groups excluding carboxylic acids is 1. The van der Waals surface area contributed by atoms with Crippen LogP contribution in [0.25, 0.3) is 0 Å². The zero-order chi connectivity index (χ0) is 14.2. The van der Waals surface area contributed by atoms with Crippen molar-refractivity contribution in [3.63, 3.8) is 0 Å². The minimum Gasteiger partial charge on any atom is -0.338 e. The molecular weight excluding hydrogens is 234 g/mol. The number of amides is 1. The number of carbonyl (C=O) groups is 1. The molecule has 0 unspecified atom stereocenters. The van der Waals surface area contributed by atoms with Crippen molar-refractivity contribution in [2.45, 2.75) is 52.0 Å². The van der Waals surface area contributed by atoms with E-state index in [0.29, 0.717) is 0 Å². The lowest BCUT2D eigenvalue weighted by atomic mass is 9.70. The van der Waals surface area contributed by atoms with Crippen molar-refractivity contribution in [1.82, 2.24) is 4.90 Å². The molecule has 1 aliphatic rings. The normalized spacial score (nSPS) is 21.1. The minimum atomic E-state index is 0.0621. The van der Waals surface area contributed by atoms with Gasteiger partial charge in [-0.25, -0.2) is 0 Å². The van der Waals surface area contributed by atoms with Crippen molar-refractivity contribution in [3.8, 4) is 0 Å². The molecule has 0 aromatic heterocycles. The molecule has 19 heavy (non-hydrogen) atoms. The van der Waals surface area contributed by atoms with Crippen molar-refractivity contribution >= 4 is 5.91 Å². The van der Waals surface area contributed by atoms with E-state index in [4.69, 9.17) is 0 Å². The second kappa shape index (κ2) is 4.99. The molecule has 0 saturated carbocycles. The molecule has 1 amide bonds. The molecule has 2 rings (SSSR count). The van der Waals surface area contributed by atoms with Crippen LogP contribution in [-0.4, -0.2) is 17.9 Å². The molecule has 1 aromatic rings. The fourth-order valence-corrected chi connectivity index (χ4v) is 3.15. The van der Waals surface area contributed by atoms with Gasteiger partial charge in [0.1, 0.15) is 0 Å². The molecule has 0 fully saturated rings. The lowest BCUT2D eigenvalue weighted by Crippen LogP contribution is -2.38. The Morgan fingerprint density at radius 1 is 1.32 bits per heavy atom. The van der Waals surface area contributed by atoms with Crippen molar-refractivity contribution < 1.29 is 4.79 Å². The summed E-state index contributed by atoms with van der Waals surface area (Å²) in [6.45, 7) is 8.54. The molecule has 0 saturated heterocycles. The van der Waals surface area contributed by atoms with Gasteiger partial charge in [-0.1, -0.05) is 52.0 Å². The van der Waals surface area contributed by atoms with Gasteiger partial charge in [0, 0.05) is 13.0 Å². The van der Waals surface area contributed by atoms with Crippen LogP contribution in [0.15, 0.2) is 24.3 Å². The highest BCUT2D eigenvalue weighted by molar-refractivity contribution is 5.78. The van der Waals surface area contributed by atoms with E-state index in [1.807, 2.05) is 25.8 Å². The lowest BCUT2D eigenvalue weighted by Gasteiger charge is -2.41. The second-order valence-electron chi connectivity index (χ2n) is 6.63. The number of hydrogen-bond donors (Lipinski definition) is 0. The highest BCUT2D eigenvalue weighted by Crippen LogP contribution is 2.43. The van der Waals surface area contributed by atoms with Crippen molar-refractivity contribution in [2.24, 2.45) is 5.92 Å². The zero-order valence-corrected chi connectivity index (χ0v) is 12.7.